The molecule has 2 rings (SSSR count). The molecule has 0 bridgehead atoms. The van der Waals surface area contributed by atoms with E-state index in [9.17, 15) is 0 Å². The SMILES string of the molecule is CCC1CSC(=NCC(C)CN2CCCC2)N1. The Morgan fingerprint density at radius 2 is 2.24 bits per heavy atom. The van der Waals surface area contributed by atoms with Crippen LogP contribution in [0.4, 0.5) is 0 Å². The standard InChI is InChI=1S/C13H25N3S/c1-3-12-10-17-13(15-12)14-8-11(2)9-16-6-4-5-7-16/h11-12H,3-10H2,1-2H3,(H,14,15). The molecule has 0 aromatic heterocycles. The van der Waals surface area contributed by atoms with Gasteiger partial charge in [-0.25, -0.2) is 0 Å². The van der Waals surface area contributed by atoms with Crippen molar-refractivity contribution < 1.29 is 0 Å². The Balaban J connectivity index is 1.68. The molecule has 2 fully saturated rings. The molecule has 2 aliphatic rings. The van der Waals surface area contributed by atoms with Crippen molar-refractivity contribution in [1.29, 1.82) is 0 Å². The van der Waals surface area contributed by atoms with E-state index >= 15 is 0 Å². The molecule has 0 aromatic carbocycles. The van der Waals surface area contributed by atoms with Crippen LogP contribution < -0.4 is 5.32 Å². The summed E-state index contributed by atoms with van der Waals surface area (Å²) in [7, 11) is 0. The van der Waals surface area contributed by atoms with Gasteiger partial charge in [0.15, 0.2) is 5.17 Å². The highest BCUT2D eigenvalue weighted by atomic mass is 32.2. The van der Waals surface area contributed by atoms with Crippen LogP contribution in [-0.2, 0) is 0 Å². The van der Waals surface area contributed by atoms with Crippen molar-refractivity contribution in [2.75, 3.05) is 31.9 Å². The monoisotopic (exact) mass is 255 g/mol. The third kappa shape index (κ3) is 4.18. The number of nitrogens with one attached hydrogen (secondary N) is 1. The zero-order valence-electron chi connectivity index (χ0n) is 11.1. The molecule has 4 heteroatoms. The summed E-state index contributed by atoms with van der Waals surface area (Å²) in [6.07, 6.45) is 3.98. The average Bonchev–Trinajstić information content (AvgIpc) is 2.96. The van der Waals surface area contributed by atoms with Crippen LogP contribution in [0.25, 0.3) is 0 Å². The number of rotatable bonds is 5. The highest BCUT2D eigenvalue weighted by Crippen LogP contribution is 2.16. The van der Waals surface area contributed by atoms with Gasteiger partial charge >= 0.3 is 0 Å². The summed E-state index contributed by atoms with van der Waals surface area (Å²) in [5, 5.41) is 4.66. The summed E-state index contributed by atoms with van der Waals surface area (Å²) in [5.74, 6) is 1.87. The minimum atomic E-state index is 0.646. The molecule has 98 valence electrons. The summed E-state index contributed by atoms with van der Waals surface area (Å²) in [4.78, 5) is 7.28. The summed E-state index contributed by atoms with van der Waals surface area (Å²) in [6.45, 7) is 9.34. The molecule has 0 radical (unpaired) electrons. The van der Waals surface area contributed by atoms with Crippen molar-refractivity contribution in [3.05, 3.63) is 0 Å². The predicted octanol–water partition coefficient (Wildman–Crippen LogP) is 2.19. The molecule has 3 nitrogen and oxygen atoms in total. The van der Waals surface area contributed by atoms with Crippen molar-refractivity contribution >= 4 is 16.9 Å². The second kappa shape index (κ2) is 6.64. The lowest BCUT2D eigenvalue weighted by Gasteiger charge is -2.18. The van der Waals surface area contributed by atoms with Gasteiger partial charge in [-0.15, -0.1) is 0 Å². The second-order valence-corrected chi connectivity index (χ2v) is 6.33. The van der Waals surface area contributed by atoms with E-state index in [1.54, 1.807) is 0 Å². The van der Waals surface area contributed by atoms with E-state index < -0.39 is 0 Å². The molecule has 17 heavy (non-hydrogen) atoms. The van der Waals surface area contributed by atoms with E-state index in [2.05, 4.69) is 24.1 Å². The van der Waals surface area contributed by atoms with Crippen molar-refractivity contribution in [2.45, 2.75) is 39.2 Å². The quantitative estimate of drug-likeness (QED) is 0.816. The third-order valence-electron chi connectivity index (χ3n) is 3.56. The molecule has 1 N–H and O–H groups in total. The summed E-state index contributed by atoms with van der Waals surface area (Å²) in [5.41, 5.74) is 0. The molecule has 0 saturated carbocycles. The molecule has 0 amide bonds. The van der Waals surface area contributed by atoms with Crippen LogP contribution >= 0.6 is 11.8 Å². The van der Waals surface area contributed by atoms with Crippen molar-refractivity contribution in [3.8, 4) is 0 Å². The number of likely N-dealkylation sites (tertiary alicyclic amines) is 1. The molecular weight excluding hydrogens is 230 g/mol. The maximum Gasteiger partial charge on any atom is 0.156 e. The van der Waals surface area contributed by atoms with Gasteiger partial charge in [-0.1, -0.05) is 25.6 Å². The van der Waals surface area contributed by atoms with Gasteiger partial charge in [-0.2, -0.15) is 0 Å². The molecule has 2 aliphatic heterocycles. The fourth-order valence-corrected chi connectivity index (χ4v) is 3.55. The molecule has 0 aromatic rings. The lowest BCUT2D eigenvalue weighted by molar-refractivity contribution is 0.292. The largest absolute Gasteiger partial charge is 0.361 e. The van der Waals surface area contributed by atoms with Crippen LogP contribution in [0.15, 0.2) is 4.99 Å². The fourth-order valence-electron chi connectivity index (χ4n) is 2.45. The van der Waals surface area contributed by atoms with Crippen LogP contribution in [-0.4, -0.2) is 48.0 Å². The van der Waals surface area contributed by atoms with Crippen LogP contribution in [0.5, 0.6) is 0 Å². The maximum atomic E-state index is 4.71. The number of hydrogen-bond donors (Lipinski definition) is 1. The van der Waals surface area contributed by atoms with Gasteiger partial charge in [0.25, 0.3) is 0 Å². The first-order valence-corrected chi connectivity index (χ1v) is 7.92. The minimum Gasteiger partial charge on any atom is -0.361 e. The fraction of sp³-hybridized carbons (Fsp3) is 0.923. The molecule has 0 spiro atoms. The number of aliphatic imine (C=N–C) groups is 1. The first-order chi connectivity index (χ1) is 8.28. The average molecular weight is 255 g/mol. The number of thioether (sulfide) groups is 1. The van der Waals surface area contributed by atoms with Gasteiger partial charge in [0.1, 0.15) is 0 Å². The van der Waals surface area contributed by atoms with Gasteiger partial charge in [-0.05, 0) is 38.3 Å². The van der Waals surface area contributed by atoms with Gasteiger partial charge in [-0.3, -0.25) is 4.99 Å². The number of nitrogens with zero attached hydrogens (tertiary/aromatic N) is 2. The number of amidine groups is 1. The molecular formula is C13H25N3S. The number of hydrogen-bond acceptors (Lipinski definition) is 3. The minimum absolute atomic E-state index is 0.646. The highest BCUT2D eigenvalue weighted by Gasteiger charge is 2.19. The van der Waals surface area contributed by atoms with Gasteiger partial charge in [0.05, 0.1) is 0 Å². The smallest absolute Gasteiger partial charge is 0.156 e. The van der Waals surface area contributed by atoms with Crippen LogP contribution in [0.3, 0.4) is 0 Å². The Bertz CT molecular complexity index is 261. The first kappa shape index (κ1) is 13.2. The zero-order chi connectivity index (χ0) is 12.1. The van der Waals surface area contributed by atoms with Gasteiger partial charge in [0.2, 0.25) is 0 Å². The summed E-state index contributed by atoms with van der Waals surface area (Å²) < 4.78 is 0. The second-order valence-electron chi connectivity index (χ2n) is 5.32. The Kier molecular flexibility index (Phi) is 5.16. The van der Waals surface area contributed by atoms with E-state index in [1.165, 1.54) is 49.8 Å². The van der Waals surface area contributed by atoms with Crippen molar-refractivity contribution in [2.24, 2.45) is 10.9 Å². The topological polar surface area (TPSA) is 27.6 Å². The molecule has 2 unspecified atom stereocenters. The Hall–Kier alpha value is -0.220. The van der Waals surface area contributed by atoms with E-state index in [0.29, 0.717) is 12.0 Å². The molecule has 0 aliphatic carbocycles. The Morgan fingerprint density at radius 1 is 1.47 bits per heavy atom. The Morgan fingerprint density at radius 3 is 2.88 bits per heavy atom. The highest BCUT2D eigenvalue weighted by molar-refractivity contribution is 8.14. The lowest BCUT2D eigenvalue weighted by atomic mass is 10.2. The van der Waals surface area contributed by atoms with Gasteiger partial charge in [0, 0.05) is 24.9 Å². The van der Waals surface area contributed by atoms with E-state index in [4.69, 9.17) is 4.99 Å². The van der Waals surface area contributed by atoms with Crippen molar-refractivity contribution in [1.82, 2.24) is 10.2 Å². The molecule has 2 saturated heterocycles. The van der Waals surface area contributed by atoms with Gasteiger partial charge < -0.3 is 10.2 Å². The maximum absolute atomic E-state index is 4.71. The van der Waals surface area contributed by atoms with E-state index in [0.717, 1.165) is 6.54 Å². The first-order valence-electron chi connectivity index (χ1n) is 6.94. The lowest BCUT2D eigenvalue weighted by Crippen LogP contribution is -2.28. The van der Waals surface area contributed by atoms with Crippen molar-refractivity contribution in [3.63, 3.8) is 0 Å². The summed E-state index contributed by atoms with van der Waals surface area (Å²) in [6, 6.07) is 0.646. The third-order valence-corrected chi connectivity index (χ3v) is 4.65. The Labute approximate surface area is 109 Å². The molecule has 2 heterocycles. The summed E-state index contributed by atoms with van der Waals surface area (Å²) >= 11 is 1.89. The normalized spacial score (nSPS) is 29.8. The predicted molar refractivity (Wildman–Crippen MR) is 76.8 cm³/mol. The van der Waals surface area contributed by atoms with Crippen LogP contribution in [0.1, 0.15) is 33.1 Å². The van der Waals surface area contributed by atoms with Crippen LogP contribution in [0.2, 0.25) is 0 Å². The molecule has 2 atom stereocenters. The zero-order valence-corrected chi connectivity index (χ0v) is 11.9. The van der Waals surface area contributed by atoms with Crippen LogP contribution in [0, 0.1) is 5.92 Å². The van der Waals surface area contributed by atoms with E-state index in [-0.39, 0.29) is 0 Å². The van der Waals surface area contributed by atoms with E-state index in [1.807, 2.05) is 11.8 Å².